The largest absolute Gasteiger partial charge is 0.330 e. The van der Waals surface area contributed by atoms with Crippen molar-refractivity contribution in [2.75, 3.05) is 6.54 Å². The lowest BCUT2D eigenvalue weighted by Crippen LogP contribution is -2.06. The molecule has 0 unspecified atom stereocenters. The quantitative estimate of drug-likeness (QED) is 0.912. The summed E-state index contributed by atoms with van der Waals surface area (Å²) in [5.74, 6) is 0.246. The molecule has 0 amide bonds. The lowest BCUT2D eigenvalue weighted by atomic mass is 10.1. The van der Waals surface area contributed by atoms with Gasteiger partial charge in [0.15, 0.2) is 0 Å². The van der Waals surface area contributed by atoms with Gasteiger partial charge in [0, 0.05) is 23.2 Å². The van der Waals surface area contributed by atoms with Gasteiger partial charge in [0.25, 0.3) is 0 Å². The van der Waals surface area contributed by atoms with Gasteiger partial charge in [0.2, 0.25) is 0 Å². The third-order valence-corrected chi connectivity index (χ3v) is 2.51. The van der Waals surface area contributed by atoms with E-state index < -0.39 is 0 Å². The van der Waals surface area contributed by atoms with Gasteiger partial charge in [0.1, 0.15) is 11.6 Å². The molecule has 0 saturated heterocycles. The molecule has 2 rings (SSSR count). The molecule has 3 nitrogen and oxygen atoms in total. The van der Waals surface area contributed by atoms with E-state index in [4.69, 9.17) is 17.3 Å². The summed E-state index contributed by atoms with van der Waals surface area (Å²) in [6.45, 7) is 0.460. The zero-order valence-electron chi connectivity index (χ0n) is 9.03. The van der Waals surface area contributed by atoms with E-state index in [-0.39, 0.29) is 5.82 Å². The van der Waals surface area contributed by atoms with Crippen LogP contribution in [0.5, 0.6) is 0 Å². The average Bonchev–Trinajstić information content (AvgIpc) is 2.33. The number of nitrogens with zero attached hydrogens (tertiary/aromatic N) is 2. The van der Waals surface area contributed by atoms with Gasteiger partial charge in [-0.1, -0.05) is 11.6 Å². The van der Waals surface area contributed by atoms with Crippen LogP contribution in [0, 0.1) is 5.82 Å². The predicted molar refractivity (Wildman–Crippen MR) is 65.2 cm³/mol. The summed E-state index contributed by atoms with van der Waals surface area (Å²) in [4.78, 5) is 8.31. The molecular weight excluding hydrogens is 241 g/mol. The van der Waals surface area contributed by atoms with Crippen LogP contribution in [-0.2, 0) is 6.42 Å². The van der Waals surface area contributed by atoms with Crippen molar-refractivity contribution in [1.29, 1.82) is 0 Å². The minimum atomic E-state index is -0.355. The molecule has 1 aromatic heterocycles. The molecule has 0 aliphatic heterocycles. The molecule has 0 radical (unpaired) electrons. The Hall–Kier alpha value is -1.52. The molecule has 5 heteroatoms. The first kappa shape index (κ1) is 12.0. The maximum atomic E-state index is 13.6. The molecule has 0 fully saturated rings. The van der Waals surface area contributed by atoms with Crippen molar-refractivity contribution >= 4 is 11.6 Å². The van der Waals surface area contributed by atoms with Crippen LogP contribution in [0.15, 0.2) is 30.5 Å². The first-order valence-corrected chi connectivity index (χ1v) is 5.56. The third kappa shape index (κ3) is 2.78. The van der Waals surface area contributed by atoms with Crippen molar-refractivity contribution in [2.45, 2.75) is 6.42 Å². The number of aromatic nitrogens is 2. The fraction of sp³-hybridized carbons (Fsp3) is 0.167. The molecule has 0 atom stereocenters. The standard InChI is InChI=1S/C12H11ClFN3/c13-8-1-2-10(14)9(7-8)11-4-6-16-12(17-11)3-5-15/h1-2,4,6-7H,3,5,15H2. The van der Waals surface area contributed by atoms with Crippen molar-refractivity contribution < 1.29 is 4.39 Å². The fourth-order valence-corrected chi connectivity index (χ4v) is 1.66. The SMILES string of the molecule is NCCc1nccc(-c2cc(Cl)ccc2F)n1. The van der Waals surface area contributed by atoms with Gasteiger partial charge in [-0.25, -0.2) is 14.4 Å². The Morgan fingerprint density at radius 2 is 2.12 bits per heavy atom. The molecule has 2 N–H and O–H groups in total. The first-order valence-electron chi connectivity index (χ1n) is 5.18. The second-order valence-corrected chi connectivity index (χ2v) is 3.96. The molecule has 0 aliphatic carbocycles. The van der Waals surface area contributed by atoms with Crippen molar-refractivity contribution in [3.63, 3.8) is 0 Å². The number of nitrogens with two attached hydrogens (primary N) is 1. The van der Waals surface area contributed by atoms with E-state index in [1.54, 1.807) is 18.3 Å². The van der Waals surface area contributed by atoms with Crippen molar-refractivity contribution in [3.05, 3.63) is 47.1 Å². The zero-order valence-corrected chi connectivity index (χ0v) is 9.78. The summed E-state index contributed by atoms with van der Waals surface area (Å²) in [7, 11) is 0. The van der Waals surface area contributed by atoms with Crippen LogP contribution in [0.4, 0.5) is 4.39 Å². The first-order chi connectivity index (χ1) is 8.20. The number of halogens is 2. The van der Waals surface area contributed by atoms with Crippen LogP contribution in [-0.4, -0.2) is 16.5 Å². The molecule has 88 valence electrons. The van der Waals surface area contributed by atoms with Gasteiger partial charge < -0.3 is 5.73 Å². The summed E-state index contributed by atoms with van der Waals surface area (Å²) >= 11 is 5.84. The molecule has 0 aliphatic rings. The molecule has 0 bridgehead atoms. The summed E-state index contributed by atoms with van der Waals surface area (Å²) in [6.07, 6.45) is 2.16. The Labute approximate surface area is 103 Å². The number of hydrogen-bond donors (Lipinski definition) is 1. The fourth-order valence-electron chi connectivity index (χ4n) is 1.49. The monoisotopic (exact) mass is 251 g/mol. The second kappa shape index (κ2) is 5.21. The van der Waals surface area contributed by atoms with E-state index in [1.807, 2.05) is 0 Å². The smallest absolute Gasteiger partial charge is 0.132 e. The van der Waals surface area contributed by atoms with E-state index in [2.05, 4.69) is 9.97 Å². The Morgan fingerprint density at radius 3 is 2.88 bits per heavy atom. The average molecular weight is 252 g/mol. The maximum absolute atomic E-state index is 13.6. The van der Waals surface area contributed by atoms with E-state index in [0.29, 0.717) is 35.1 Å². The van der Waals surface area contributed by atoms with Crippen LogP contribution in [0.25, 0.3) is 11.3 Å². The molecule has 17 heavy (non-hydrogen) atoms. The van der Waals surface area contributed by atoms with Gasteiger partial charge >= 0.3 is 0 Å². The van der Waals surface area contributed by atoms with Crippen LogP contribution < -0.4 is 5.73 Å². The lowest BCUT2D eigenvalue weighted by molar-refractivity contribution is 0.630. The van der Waals surface area contributed by atoms with E-state index >= 15 is 0 Å². The van der Waals surface area contributed by atoms with Gasteiger partial charge in [0.05, 0.1) is 5.69 Å². The molecule has 0 spiro atoms. The summed E-state index contributed by atoms with van der Waals surface area (Å²) in [5.41, 5.74) is 6.32. The summed E-state index contributed by atoms with van der Waals surface area (Å²) in [6, 6.07) is 6.02. The van der Waals surface area contributed by atoms with E-state index in [1.165, 1.54) is 12.1 Å². The number of rotatable bonds is 3. The van der Waals surface area contributed by atoms with Gasteiger partial charge in [-0.15, -0.1) is 0 Å². The van der Waals surface area contributed by atoms with Crippen molar-refractivity contribution in [1.82, 2.24) is 9.97 Å². The summed E-state index contributed by atoms with van der Waals surface area (Å²) < 4.78 is 13.6. The van der Waals surface area contributed by atoms with Crippen LogP contribution in [0.1, 0.15) is 5.82 Å². The van der Waals surface area contributed by atoms with Crippen LogP contribution in [0.2, 0.25) is 5.02 Å². The highest BCUT2D eigenvalue weighted by Gasteiger charge is 2.08. The van der Waals surface area contributed by atoms with E-state index in [0.717, 1.165) is 0 Å². The Kier molecular flexibility index (Phi) is 3.66. The van der Waals surface area contributed by atoms with Gasteiger partial charge in [-0.05, 0) is 30.8 Å². The molecule has 1 aromatic carbocycles. The van der Waals surface area contributed by atoms with Crippen molar-refractivity contribution in [3.8, 4) is 11.3 Å². The molecule has 2 aromatic rings. The Morgan fingerprint density at radius 1 is 1.29 bits per heavy atom. The third-order valence-electron chi connectivity index (χ3n) is 2.28. The zero-order chi connectivity index (χ0) is 12.3. The summed E-state index contributed by atoms with van der Waals surface area (Å²) in [5, 5.41) is 0.473. The maximum Gasteiger partial charge on any atom is 0.132 e. The normalized spacial score (nSPS) is 10.5. The number of benzene rings is 1. The van der Waals surface area contributed by atoms with Crippen molar-refractivity contribution in [2.24, 2.45) is 5.73 Å². The Balaban J connectivity index is 2.45. The molecule has 0 saturated carbocycles. The molecular formula is C12H11ClFN3. The lowest BCUT2D eigenvalue weighted by Gasteiger charge is -2.05. The minimum absolute atomic E-state index is 0.355. The van der Waals surface area contributed by atoms with Gasteiger partial charge in [-0.3, -0.25) is 0 Å². The Bertz CT molecular complexity index is 531. The highest BCUT2D eigenvalue weighted by Crippen LogP contribution is 2.24. The molecule has 1 heterocycles. The highest BCUT2D eigenvalue weighted by atomic mass is 35.5. The minimum Gasteiger partial charge on any atom is -0.330 e. The van der Waals surface area contributed by atoms with E-state index in [9.17, 15) is 4.39 Å². The second-order valence-electron chi connectivity index (χ2n) is 3.52. The highest BCUT2D eigenvalue weighted by molar-refractivity contribution is 6.30. The van der Waals surface area contributed by atoms with Crippen LogP contribution >= 0.6 is 11.6 Å². The van der Waals surface area contributed by atoms with Gasteiger partial charge in [-0.2, -0.15) is 0 Å². The number of hydrogen-bond acceptors (Lipinski definition) is 3. The predicted octanol–water partition coefficient (Wildman–Crippen LogP) is 2.44. The van der Waals surface area contributed by atoms with Crippen LogP contribution in [0.3, 0.4) is 0 Å². The topological polar surface area (TPSA) is 51.8 Å².